The first-order chi connectivity index (χ1) is 7.41. The van der Waals surface area contributed by atoms with E-state index in [0.717, 1.165) is 25.9 Å². The van der Waals surface area contributed by atoms with Gasteiger partial charge in [-0.25, -0.2) is 4.79 Å². The van der Waals surface area contributed by atoms with Crippen LogP contribution in [0.4, 0.5) is 13.2 Å². The summed E-state index contributed by atoms with van der Waals surface area (Å²) in [5.74, 6) is -1.98. The van der Waals surface area contributed by atoms with E-state index in [1.54, 1.807) is 6.92 Å². The predicted octanol–water partition coefficient (Wildman–Crippen LogP) is 0.985. The predicted molar refractivity (Wildman–Crippen MR) is 50.3 cm³/mol. The molecule has 0 saturated carbocycles. The second kappa shape index (κ2) is 5.49. The number of piperidine rings is 1. The first-order valence-corrected chi connectivity index (χ1v) is 5.15. The summed E-state index contributed by atoms with van der Waals surface area (Å²) in [5.41, 5.74) is 2.16. The van der Waals surface area contributed by atoms with Crippen LogP contribution in [0.2, 0.25) is 0 Å². The number of hydrogen-bond donors (Lipinski definition) is 2. The minimum atomic E-state index is -4.94. The van der Waals surface area contributed by atoms with Gasteiger partial charge in [0.2, 0.25) is 0 Å². The van der Waals surface area contributed by atoms with Crippen LogP contribution in [0.25, 0.3) is 0 Å². The van der Waals surface area contributed by atoms with E-state index in [2.05, 4.69) is 15.6 Å². The first kappa shape index (κ1) is 13.2. The van der Waals surface area contributed by atoms with Crippen molar-refractivity contribution in [3.8, 4) is 0 Å². The molecule has 1 fully saturated rings. The second-order valence-corrected chi connectivity index (χ2v) is 3.88. The van der Waals surface area contributed by atoms with Crippen LogP contribution in [-0.4, -0.2) is 31.3 Å². The Morgan fingerprint density at radius 3 is 2.50 bits per heavy atom. The normalized spacial score (nSPS) is 20.5. The van der Waals surface area contributed by atoms with E-state index in [-0.39, 0.29) is 12.0 Å². The maximum Gasteiger partial charge on any atom is 0.492 e. The molecule has 0 aromatic rings. The Bertz CT molecular complexity index is 239. The van der Waals surface area contributed by atoms with Crippen molar-refractivity contribution in [3.63, 3.8) is 0 Å². The van der Waals surface area contributed by atoms with E-state index >= 15 is 0 Å². The maximum atomic E-state index is 11.8. The average molecular weight is 240 g/mol. The van der Waals surface area contributed by atoms with E-state index in [9.17, 15) is 18.0 Å². The molecule has 1 saturated heterocycles. The SMILES string of the molecule is CC(NOC(=O)C(F)(F)F)C1CCNCC1. The largest absolute Gasteiger partial charge is 0.492 e. The van der Waals surface area contributed by atoms with Crippen molar-refractivity contribution in [2.45, 2.75) is 32.0 Å². The van der Waals surface area contributed by atoms with E-state index in [1.165, 1.54) is 0 Å². The summed E-state index contributed by atoms with van der Waals surface area (Å²) in [6.07, 6.45) is -3.23. The summed E-state index contributed by atoms with van der Waals surface area (Å²) in [4.78, 5) is 14.4. The highest BCUT2D eigenvalue weighted by atomic mass is 19.4. The van der Waals surface area contributed by atoms with E-state index in [1.807, 2.05) is 0 Å². The number of halogens is 3. The van der Waals surface area contributed by atoms with Gasteiger partial charge in [0.05, 0.1) is 0 Å². The highest BCUT2D eigenvalue weighted by molar-refractivity contribution is 5.75. The van der Waals surface area contributed by atoms with Gasteiger partial charge in [0.25, 0.3) is 0 Å². The minimum Gasteiger partial charge on any atom is -0.363 e. The molecule has 0 spiro atoms. The van der Waals surface area contributed by atoms with Gasteiger partial charge in [-0.05, 0) is 38.8 Å². The zero-order valence-corrected chi connectivity index (χ0v) is 8.93. The fourth-order valence-electron chi connectivity index (χ4n) is 1.64. The molecule has 1 rings (SSSR count). The van der Waals surface area contributed by atoms with E-state index in [4.69, 9.17) is 0 Å². The third-order valence-electron chi connectivity index (χ3n) is 2.66. The molecule has 7 heteroatoms. The lowest BCUT2D eigenvalue weighted by Gasteiger charge is -2.28. The Hall–Kier alpha value is -0.820. The Balaban J connectivity index is 2.29. The summed E-state index contributed by atoms with van der Waals surface area (Å²) >= 11 is 0. The summed E-state index contributed by atoms with van der Waals surface area (Å²) in [6, 6.07) is -0.270. The van der Waals surface area contributed by atoms with Gasteiger partial charge in [-0.2, -0.15) is 13.2 Å². The van der Waals surface area contributed by atoms with Crippen molar-refractivity contribution in [2.75, 3.05) is 13.1 Å². The molecule has 0 amide bonds. The van der Waals surface area contributed by atoms with Crippen molar-refractivity contribution >= 4 is 5.97 Å². The van der Waals surface area contributed by atoms with Crippen LogP contribution < -0.4 is 10.8 Å². The number of hydrogen-bond acceptors (Lipinski definition) is 4. The van der Waals surface area contributed by atoms with Crippen molar-refractivity contribution in [1.29, 1.82) is 0 Å². The third-order valence-corrected chi connectivity index (χ3v) is 2.66. The Labute approximate surface area is 91.5 Å². The van der Waals surface area contributed by atoms with Crippen molar-refractivity contribution in [2.24, 2.45) is 5.92 Å². The van der Waals surface area contributed by atoms with Crippen LogP contribution >= 0.6 is 0 Å². The Morgan fingerprint density at radius 2 is 2.00 bits per heavy atom. The van der Waals surface area contributed by atoms with Crippen molar-refractivity contribution in [3.05, 3.63) is 0 Å². The molecule has 0 radical (unpaired) electrons. The molecule has 94 valence electrons. The fraction of sp³-hybridized carbons (Fsp3) is 0.889. The highest BCUT2D eigenvalue weighted by Gasteiger charge is 2.41. The van der Waals surface area contributed by atoms with Gasteiger partial charge < -0.3 is 10.2 Å². The molecule has 0 aromatic carbocycles. The smallest absolute Gasteiger partial charge is 0.363 e. The summed E-state index contributed by atoms with van der Waals surface area (Å²) < 4.78 is 35.5. The summed E-state index contributed by atoms with van der Waals surface area (Å²) in [5, 5.41) is 3.14. The molecule has 16 heavy (non-hydrogen) atoms. The van der Waals surface area contributed by atoms with Gasteiger partial charge >= 0.3 is 12.1 Å². The van der Waals surface area contributed by atoms with Gasteiger partial charge in [0.1, 0.15) is 0 Å². The van der Waals surface area contributed by atoms with Crippen molar-refractivity contribution in [1.82, 2.24) is 10.8 Å². The lowest BCUT2D eigenvalue weighted by atomic mass is 9.92. The van der Waals surface area contributed by atoms with E-state index in [0.29, 0.717) is 0 Å². The number of carbonyl (C=O) groups excluding carboxylic acids is 1. The monoisotopic (exact) mass is 240 g/mol. The molecule has 1 heterocycles. The minimum absolute atomic E-state index is 0.224. The zero-order valence-electron chi connectivity index (χ0n) is 8.93. The highest BCUT2D eigenvalue weighted by Crippen LogP contribution is 2.18. The van der Waals surface area contributed by atoms with Crippen LogP contribution in [0, 0.1) is 5.92 Å². The molecule has 1 aliphatic heterocycles. The average Bonchev–Trinajstić information content (AvgIpc) is 2.25. The quantitative estimate of drug-likeness (QED) is 0.722. The first-order valence-electron chi connectivity index (χ1n) is 5.15. The number of nitrogens with one attached hydrogen (secondary N) is 2. The number of hydroxylamine groups is 1. The van der Waals surface area contributed by atoms with Crippen LogP contribution in [0.15, 0.2) is 0 Å². The molecule has 0 aliphatic carbocycles. The maximum absolute atomic E-state index is 11.8. The third kappa shape index (κ3) is 3.97. The number of alkyl halides is 3. The molecule has 0 aromatic heterocycles. The number of carbonyl (C=O) groups is 1. The zero-order chi connectivity index (χ0) is 12.2. The molecule has 1 unspecified atom stereocenters. The number of rotatable bonds is 3. The molecular formula is C9H15F3N2O2. The van der Waals surface area contributed by atoms with Crippen LogP contribution in [0.5, 0.6) is 0 Å². The summed E-state index contributed by atoms with van der Waals surface area (Å²) in [6.45, 7) is 3.38. The van der Waals surface area contributed by atoms with Gasteiger partial charge in [0.15, 0.2) is 0 Å². The summed E-state index contributed by atoms with van der Waals surface area (Å²) in [7, 11) is 0. The topological polar surface area (TPSA) is 50.4 Å². The molecule has 4 nitrogen and oxygen atoms in total. The van der Waals surface area contributed by atoms with Gasteiger partial charge in [-0.15, -0.1) is 5.48 Å². The van der Waals surface area contributed by atoms with E-state index < -0.39 is 12.1 Å². The lowest BCUT2D eigenvalue weighted by molar-refractivity contribution is -0.209. The molecule has 1 aliphatic rings. The van der Waals surface area contributed by atoms with Gasteiger partial charge in [0, 0.05) is 6.04 Å². The van der Waals surface area contributed by atoms with Crippen LogP contribution in [-0.2, 0) is 9.63 Å². The fourth-order valence-corrected chi connectivity index (χ4v) is 1.64. The second-order valence-electron chi connectivity index (χ2n) is 3.88. The molecule has 2 N–H and O–H groups in total. The van der Waals surface area contributed by atoms with Crippen LogP contribution in [0.3, 0.4) is 0 Å². The van der Waals surface area contributed by atoms with Crippen LogP contribution in [0.1, 0.15) is 19.8 Å². The van der Waals surface area contributed by atoms with Crippen molar-refractivity contribution < 1.29 is 22.8 Å². The Morgan fingerprint density at radius 1 is 1.44 bits per heavy atom. The lowest BCUT2D eigenvalue weighted by Crippen LogP contribution is -2.42. The molecule has 1 atom stereocenters. The molecule has 0 bridgehead atoms. The van der Waals surface area contributed by atoms with Gasteiger partial charge in [-0.1, -0.05) is 0 Å². The molecular weight excluding hydrogens is 225 g/mol. The van der Waals surface area contributed by atoms with Gasteiger partial charge in [-0.3, -0.25) is 0 Å². The Kier molecular flexibility index (Phi) is 4.55. The standard InChI is InChI=1S/C9H15F3N2O2/c1-6(7-2-4-13-5-3-7)14-16-8(15)9(10,11)12/h6-7,13-14H,2-5H2,1H3.